The molecule has 124 valence electrons. The Balaban J connectivity index is 2.48. The Bertz CT molecular complexity index is 585. The maximum Gasteiger partial charge on any atom is 0.327 e. The molecule has 12 heteroatoms. The molecular weight excluding hydrogens is 308 g/mol. The van der Waals surface area contributed by atoms with Gasteiger partial charge >= 0.3 is 6.03 Å². The van der Waals surface area contributed by atoms with Crippen molar-refractivity contribution in [1.82, 2.24) is 10.2 Å². The van der Waals surface area contributed by atoms with Crippen LogP contribution < -0.4 is 5.32 Å². The van der Waals surface area contributed by atoms with Crippen LogP contribution in [0.5, 0.6) is 0 Å². The van der Waals surface area contributed by atoms with Crippen molar-refractivity contribution in [3.05, 3.63) is 24.0 Å². The zero-order valence-electron chi connectivity index (χ0n) is 13.1. The lowest BCUT2D eigenvalue weighted by atomic mass is 9.59. The number of hydrogen-bond donors (Lipinski definition) is 5. The summed E-state index contributed by atoms with van der Waals surface area (Å²) in [6, 6.07) is -0.791. The first-order valence-corrected chi connectivity index (χ1v) is 6.97. The van der Waals surface area contributed by atoms with Gasteiger partial charge in [-0.2, -0.15) is 0 Å². The third-order valence-electron chi connectivity index (χ3n) is 4.22. The van der Waals surface area contributed by atoms with Crippen molar-refractivity contribution in [2.75, 3.05) is 6.61 Å². The smallest absolute Gasteiger partial charge is 0.327 e. The number of carbonyl (C=O) groups is 1. The Morgan fingerprint density at radius 3 is 2.48 bits per heavy atom. The summed E-state index contributed by atoms with van der Waals surface area (Å²) in [5.74, 6) is -3.01. The molecule has 1 saturated heterocycles. The molecule has 2 heterocycles. The molecule has 0 saturated carbocycles. The quantitative estimate of drug-likeness (QED) is 0.331. The van der Waals surface area contributed by atoms with Gasteiger partial charge in [0.25, 0.3) is 5.85 Å². The van der Waals surface area contributed by atoms with Crippen LogP contribution in [0.3, 0.4) is 0 Å². The van der Waals surface area contributed by atoms with E-state index in [-0.39, 0.29) is 11.3 Å². The number of amides is 2. The molecule has 23 heavy (non-hydrogen) atoms. The highest BCUT2D eigenvalue weighted by atomic mass is 19.2. The van der Waals surface area contributed by atoms with E-state index in [9.17, 15) is 29.6 Å². The van der Waals surface area contributed by atoms with Gasteiger partial charge in [-0.25, -0.2) is 9.18 Å². The van der Waals surface area contributed by atoms with E-state index in [4.69, 9.17) is 4.74 Å². The van der Waals surface area contributed by atoms with Crippen molar-refractivity contribution in [3.8, 4) is 0 Å². The summed E-state index contributed by atoms with van der Waals surface area (Å²) in [6.07, 6.45) is -2.81. The van der Waals surface area contributed by atoms with Crippen LogP contribution in [-0.4, -0.2) is 90.6 Å². The third-order valence-corrected chi connectivity index (χ3v) is 4.22. The maximum absolute atomic E-state index is 15.0. The maximum atomic E-state index is 15.0. The second-order valence-electron chi connectivity index (χ2n) is 6.34. The van der Waals surface area contributed by atoms with Crippen LogP contribution in [-0.2, 0) is 4.74 Å². The molecule has 0 spiro atoms. The number of halogens is 1. The second-order valence-corrected chi connectivity index (χ2v) is 6.34. The van der Waals surface area contributed by atoms with Crippen molar-refractivity contribution >= 4 is 29.6 Å². The molecular formula is C11H18B3FN2O6. The fraction of sp³-hybridized carbons (Fsp3) is 0.545. The van der Waals surface area contributed by atoms with E-state index in [0.717, 1.165) is 26.8 Å². The molecule has 0 aromatic heterocycles. The Labute approximate surface area is 134 Å². The molecule has 8 nitrogen and oxygen atoms in total. The first-order chi connectivity index (χ1) is 10.4. The predicted octanol–water partition coefficient (Wildman–Crippen LogP) is -4.98. The molecule has 0 aromatic rings. The minimum absolute atomic E-state index is 0.152. The third kappa shape index (κ3) is 2.50. The van der Waals surface area contributed by atoms with Crippen LogP contribution in [0.15, 0.2) is 24.0 Å². The molecule has 2 aliphatic heterocycles. The van der Waals surface area contributed by atoms with Gasteiger partial charge in [0.2, 0.25) is 0 Å². The van der Waals surface area contributed by atoms with Gasteiger partial charge in [-0.05, 0) is 0 Å². The fourth-order valence-corrected chi connectivity index (χ4v) is 2.62. The number of nitrogens with one attached hydrogen (secondary N) is 1. The molecule has 1 fully saturated rings. The first kappa shape index (κ1) is 18.0. The number of carbonyl (C=O) groups excluding carboxylic acids is 1. The molecule has 2 rings (SSSR count). The van der Waals surface area contributed by atoms with E-state index < -0.39 is 41.7 Å². The number of aliphatic hydroxyl groups excluding tert-OH is 3. The molecule has 0 aliphatic carbocycles. The van der Waals surface area contributed by atoms with Gasteiger partial charge in [-0.1, -0.05) is 6.58 Å². The molecule has 2 aliphatic rings. The van der Waals surface area contributed by atoms with E-state index in [1.54, 1.807) is 0 Å². The predicted molar refractivity (Wildman–Crippen MR) is 84.9 cm³/mol. The summed E-state index contributed by atoms with van der Waals surface area (Å²) in [4.78, 5) is 13.0. The summed E-state index contributed by atoms with van der Waals surface area (Å²) in [5.41, 5.74) is -1.64. The summed E-state index contributed by atoms with van der Waals surface area (Å²) in [5, 5.41) is 39.7. The SMILES string of the molecule is BC(B)(O)[C@@]1(F)O[C@@](B)(N2C=C(CO)C(=C)NC2=O)[C@H](O)[C@@H]1O. The molecule has 0 aromatic carbocycles. The lowest BCUT2D eigenvalue weighted by Crippen LogP contribution is -2.61. The summed E-state index contributed by atoms with van der Waals surface area (Å²) >= 11 is 0. The van der Waals surface area contributed by atoms with E-state index in [1.165, 1.54) is 7.85 Å². The summed E-state index contributed by atoms with van der Waals surface area (Å²) in [6.45, 7) is 3.09. The number of urea groups is 1. The molecule has 0 bridgehead atoms. The van der Waals surface area contributed by atoms with Gasteiger partial charge < -0.3 is 30.5 Å². The Morgan fingerprint density at radius 2 is 2.04 bits per heavy atom. The minimum atomic E-state index is -3.01. The monoisotopic (exact) mass is 326 g/mol. The lowest BCUT2D eigenvalue weighted by Gasteiger charge is -2.42. The van der Waals surface area contributed by atoms with Gasteiger partial charge in [-0.15, -0.1) is 0 Å². The number of hydrogen-bond acceptors (Lipinski definition) is 6. The van der Waals surface area contributed by atoms with Crippen LogP contribution in [0, 0.1) is 0 Å². The van der Waals surface area contributed by atoms with E-state index >= 15 is 0 Å². The number of alkyl halides is 1. The van der Waals surface area contributed by atoms with Crippen LogP contribution >= 0.6 is 0 Å². The minimum Gasteiger partial charge on any atom is -0.402 e. The van der Waals surface area contributed by atoms with Gasteiger partial charge in [0.05, 0.1) is 12.0 Å². The normalized spacial score (nSPS) is 38.5. The highest BCUT2D eigenvalue weighted by Gasteiger charge is 2.68. The van der Waals surface area contributed by atoms with Crippen molar-refractivity contribution in [2.45, 2.75) is 29.1 Å². The summed E-state index contributed by atoms with van der Waals surface area (Å²) in [7, 11) is 3.33. The number of ether oxygens (including phenoxy) is 1. The Hall–Kier alpha value is -1.33. The topological polar surface area (TPSA) is 122 Å². The van der Waals surface area contributed by atoms with E-state index in [0.29, 0.717) is 0 Å². The second kappa shape index (κ2) is 5.35. The number of nitrogens with zero attached hydrogens (tertiary/aromatic N) is 1. The lowest BCUT2D eigenvalue weighted by molar-refractivity contribution is -0.242. The van der Waals surface area contributed by atoms with E-state index in [2.05, 4.69) is 11.9 Å². The standard InChI is InChI=1S/C11H18B3FN2O6/c1-4-5(3-18)2-17(8(21)16-4)10(12)7(20)6(19)9(15,23-10)11(13,14)22/h2,6-7,18-20,22H,1,3,12-14H2,(H,16,21)/t6-,7+,9-,10-/m0/s1. The molecule has 2 amide bonds. The van der Waals surface area contributed by atoms with Gasteiger partial charge in [0.15, 0.2) is 7.85 Å². The highest BCUT2D eigenvalue weighted by Crippen LogP contribution is 2.44. The van der Waals surface area contributed by atoms with E-state index in [1.807, 2.05) is 0 Å². The highest BCUT2D eigenvalue weighted by molar-refractivity contribution is 6.39. The zero-order valence-corrected chi connectivity index (χ0v) is 13.1. The van der Waals surface area contributed by atoms with Gasteiger partial charge in [-0.3, -0.25) is 4.90 Å². The van der Waals surface area contributed by atoms with Crippen LogP contribution in [0.2, 0.25) is 0 Å². The van der Waals surface area contributed by atoms with Crippen LogP contribution in [0.25, 0.3) is 0 Å². The average Bonchev–Trinajstić information content (AvgIpc) is 2.61. The van der Waals surface area contributed by atoms with Crippen LogP contribution in [0.1, 0.15) is 0 Å². The van der Waals surface area contributed by atoms with Gasteiger partial charge in [0, 0.05) is 17.5 Å². The molecule has 5 N–H and O–H groups in total. The largest absolute Gasteiger partial charge is 0.402 e. The Morgan fingerprint density at radius 1 is 1.48 bits per heavy atom. The summed E-state index contributed by atoms with van der Waals surface area (Å²) < 4.78 is 20.1. The molecule has 0 radical (unpaired) electrons. The van der Waals surface area contributed by atoms with Crippen LogP contribution in [0.4, 0.5) is 9.18 Å². The molecule has 4 atom stereocenters. The zero-order chi connectivity index (χ0) is 17.8. The van der Waals surface area contributed by atoms with Crippen molar-refractivity contribution < 1.29 is 34.3 Å². The average molecular weight is 326 g/mol. The first-order valence-electron chi connectivity index (χ1n) is 6.97. The number of rotatable bonds is 3. The van der Waals surface area contributed by atoms with Crippen molar-refractivity contribution in [1.29, 1.82) is 0 Å². The number of aliphatic hydroxyl groups is 4. The fourth-order valence-electron chi connectivity index (χ4n) is 2.62. The van der Waals surface area contributed by atoms with Gasteiger partial charge in [0.1, 0.15) is 33.5 Å². The van der Waals surface area contributed by atoms with Crippen molar-refractivity contribution in [2.24, 2.45) is 0 Å². The molecule has 0 unspecified atom stereocenters. The van der Waals surface area contributed by atoms with Crippen molar-refractivity contribution in [3.63, 3.8) is 0 Å². The Kier molecular flexibility index (Phi) is 4.19.